The summed E-state index contributed by atoms with van der Waals surface area (Å²) in [6.45, 7) is 0. The molecule has 0 fully saturated rings. The van der Waals surface area contributed by atoms with Crippen molar-refractivity contribution in [1.82, 2.24) is 4.98 Å². The van der Waals surface area contributed by atoms with Crippen LogP contribution < -0.4 is 0 Å². The largest absolute Gasteiger partial charge is 0.256 e. The molecule has 0 unspecified atom stereocenters. The summed E-state index contributed by atoms with van der Waals surface area (Å²) in [5.74, 6) is 0. The molecule has 1 aromatic heterocycles. The maximum atomic E-state index is 4.48. The van der Waals surface area contributed by atoms with Gasteiger partial charge in [0.15, 0.2) is 0 Å². The Morgan fingerprint density at radius 3 is 2.83 bits per heavy atom. The van der Waals surface area contributed by atoms with Crippen LogP contribution in [0.1, 0.15) is 23.1 Å². The van der Waals surface area contributed by atoms with Crippen molar-refractivity contribution in [1.29, 1.82) is 0 Å². The van der Waals surface area contributed by atoms with E-state index in [-0.39, 0.29) is 0 Å². The van der Waals surface area contributed by atoms with Gasteiger partial charge in [0.05, 0.1) is 5.52 Å². The summed E-state index contributed by atoms with van der Waals surface area (Å²) in [5.41, 5.74) is 9.08. The van der Waals surface area contributed by atoms with Gasteiger partial charge in [0.2, 0.25) is 0 Å². The number of nitrogens with zero attached hydrogens (tertiary/aromatic N) is 1. The minimum Gasteiger partial charge on any atom is -0.256 e. The third kappa shape index (κ3) is 1.97. The van der Waals surface area contributed by atoms with Gasteiger partial charge in [-0.1, -0.05) is 54.6 Å². The third-order valence-corrected chi connectivity index (χ3v) is 4.71. The first-order chi connectivity index (χ1) is 11.4. The van der Waals surface area contributed by atoms with E-state index >= 15 is 0 Å². The number of aromatic nitrogens is 1. The molecule has 0 spiro atoms. The van der Waals surface area contributed by atoms with Crippen molar-refractivity contribution in [2.45, 2.75) is 6.42 Å². The monoisotopic (exact) mass is 293 g/mol. The number of hydrogen-bond donors (Lipinski definition) is 0. The van der Waals surface area contributed by atoms with Crippen LogP contribution in [0.5, 0.6) is 0 Å². The van der Waals surface area contributed by atoms with Crippen LogP contribution in [0.2, 0.25) is 0 Å². The molecule has 2 aromatic carbocycles. The molecule has 0 N–H and O–H groups in total. The Labute approximate surface area is 135 Å². The third-order valence-electron chi connectivity index (χ3n) is 4.71. The second-order valence-electron chi connectivity index (χ2n) is 6.09. The molecule has 2 aliphatic carbocycles. The Hall–Kier alpha value is -2.93. The first kappa shape index (κ1) is 12.6. The molecule has 1 heterocycles. The van der Waals surface area contributed by atoms with Crippen LogP contribution in [0.3, 0.4) is 0 Å². The van der Waals surface area contributed by atoms with E-state index in [1.54, 1.807) is 0 Å². The van der Waals surface area contributed by atoms with Gasteiger partial charge in [0.25, 0.3) is 0 Å². The van der Waals surface area contributed by atoms with E-state index < -0.39 is 0 Å². The number of fused-ring (bicyclic) bond motifs is 4. The predicted molar refractivity (Wildman–Crippen MR) is 96.7 cm³/mol. The molecule has 0 radical (unpaired) electrons. The fourth-order valence-electron chi connectivity index (χ4n) is 3.54. The highest BCUT2D eigenvalue weighted by Gasteiger charge is 2.20. The van der Waals surface area contributed by atoms with Crippen molar-refractivity contribution in [3.05, 3.63) is 95.2 Å². The van der Waals surface area contributed by atoms with Gasteiger partial charge in [0.1, 0.15) is 0 Å². The Morgan fingerprint density at radius 2 is 1.83 bits per heavy atom. The first-order valence-corrected chi connectivity index (χ1v) is 7.96. The molecule has 0 saturated carbocycles. The van der Waals surface area contributed by atoms with Crippen molar-refractivity contribution in [3.8, 4) is 0 Å². The number of rotatable bonds is 1. The standard InChI is InChI=1S/C22H15N/c1-2-6-20-18(4-1)13-19-12-16(9-10-21(19)20)17-8-7-15-5-3-11-23-22(15)14-17/h1-8,10-14H,9H2. The molecule has 1 heteroatoms. The van der Waals surface area contributed by atoms with Crippen molar-refractivity contribution in [3.63, 3.8) is 0 Å². The van der Waals surface area contributed by atoms with E-state index in [4.69, 9.17) is 0 Å². The highest BCUT2D eigenvalue weighted by molar-refractivity contribution is 6.01. The number of benzene rings is 2. The second-order valence-corrected chi connectivity index (χ2v) is 6.09. The van der Waals surface area contributed by atoms with E-state index in [2.05, 4.69) is 71.7 Å². The molecule has 1 nitrogen and oxygen atoms in total. The van der Waals surface area contributed by atoms with Crippen molar-refractivity contribution in [2.24, 2.45) is 0 Å². The molecule has 0 saturated heterocycles. The number of allylic oxidation sites excluding steroid dienone is 5. The lowest BCUT2D eigenvalue weighted by Crippen LogP contribution is -1.93. The van der Waals surface area contributed by atoms with Crippen LogP contribution in [-0.2, 0) is 0 Å². The SMILES string of the molecule is C1=C2C=C(c3ccc4cccnc4c3)CC=C2c2ccccc21. The highest BCUT2D eigenvalue weighted by atomic mass is 14.6. The minimum absolute atomic E-state index is 0.972. The molecule has 0 bridgehead atoms. The zero-order chi connectivity index (χ0) is 15.2. The summed E-state index contributed by atoms with van der Waals surface area (Å²) in [4.78, 5) is 4.48. The summed E-state index contributed by atoms with van der Waals surface area (Å²) >= 11 is 0. The average molecular weight is 293 g/mol. The van der Waals surface area contributed by atoms with E-state index in [0.717, 1.165) is 11.9 Å². The number of hydrogen-bond acceptors (Lipinski definition) is 1. The van der Waals surface area contributed by atoms with Crippen LogP contribution in [0.4, 0.5) is 0 Å². The van der Waals surface area contributed by atoms with Crippen LogP contribution >= 0.6 is 0 Å². The average Bonchev–Trinajstić information content (AvgIpc) is 2.99. The molecular weight excluding hydrogens is 278 g/mol. The molecule has 2 aliphatic rings. The summed E-state index contributed by atoms with van der Waals surface area (Å²) < 4.78 is 0. The van der Waals surface area contributed by atoms with Gasteiger partial charge in [-0.15, -0.1) is 0 Å². The van der Waals surface area contributed by atoms with E-state index in [1.807, 2.05) is 12.3 Å². The Kier molecular flexibility index (Phi) is 2.62. The molecule has 0 atom stereocenters. The van der Waals surface area contributed by atoms with Crippen molar-refractivity contribution < 1.29 is 0 Å². The lowest BCUT2D eigenvalue weighted by atomic mass is 9.90. The normalized spacial score (nSPS) is 15.6. The van der Waals surface area contributed by atoms with Gasteiger partial charge in [-0.2, -0.15) is 0 Å². The quantitative estimate of drug-likeness (QED) is 0.577. The Bertz CT molecular complexity index is 1030. The van der Waals surface area contributed by atoms with Gasteiger partial charge in [-0.05, 0) is 58.0 Å². The summed E-state index contributed by atoms with van der Waals surface area (Å²) in [5, 5.41) is 1.19. The number of pyridine rings is 1. The van der Waals surface area contributed by atoms with Crippen molar-refractivity contribution >= 4 is 28.1 Å². The maximum absolute atomic E-state index is 4.48. The maximum Gasteiger partial charge on any atom is 0.0708 e. The second kappa shape index (κ2) is 4.79. The molecule has 23 heavy (non-hydrogen) atoms. The summed E-state index contributed by atoms with van der Waals surface area (Å²) in [6.07, 6.45) is 9.81. The predicted octanol–water partition coefficient (Wildman–Crippen LogP) is 5.50. The van der Waals surface area contributed by atoms with Gasteiger partial charge in [-0.25, -0.2) is 0 Å². The molecule has 3 aromatic rings. The molecule has 108 valence electrons. The van der Waals surface area contributed by atoms with Crippen LogP contribution in [0.25, 0.3) is 28.1 Å². The van der Waals surface area contributed by atoms with Gasteiger partial charge >= 0.3 is 0 Å². The first-order valence-electron chi connectivity index (χ1n) is 7.96. The van der Waals surface area contributed by atoms with Gasteiger partial charge < -0.3 is 0 Å². The van der Waals surface area contributed by atoms with Crippen LogP contribution in [0.15, 0.2) is 78.5 Å². The Morgan fingerprint density at radius 1 is 0.870 bits per heavy atom. The topological polar surface area (TPSA) is 12.9 Å². The van der Waals surface area contributed by atoms with Crippen LogP contribution in [0, 0.1) is 0 Å². The molecule has 5 rings (SSSR count). The summed E-state index contributed by atoms with van der Waals surface area (Å²) in [6, 6.07) is 19.3. The lowest BCUT2D eigenvalue weighted by molar-refractivity contribution is 1.35. The van der Waals surface area contributed by atoms with E-state index in [0.29, 0.717) is 0 Å². The van der Waals surface area contributed by atoms with Crippen molar-refractivity contribution in [2.75, 3.05) is 0 Å². The summed E-state index contributed by atoms with van der Waals surface area (Å²) in [7, 11) is 0. The smallest absolute Gasteiger partial charge is 0.0708 e. The highest BCUT2D eigenvalue weighted by Crippen LogP contribution is 2.41. The molecular formula is C22H15N. The van der Waals surface area contributed by atoms with E-state index in [9.17, 15) is 0 Å². The zero-order valence-corrected chi connectivity index (χ0v) is 12.7. The zero-order valence-electron chi connectivity index (χ0n) is 12.7. The molecule has 0 amide bonds. The van der Waals surface area contributed by atoms with Gasteiger partial charge in [-0.3, -0.25) is 4.98 Å². The van der Waals surface area contributed by atoms with E-state index in [1.165, 1.54) is 38.8 Å². The fraction of sp³-hybridized carbons (Fsp3) is 0.0455. The molecule has 0 aliphatic heterocycles. The minimum atomic E-state index is 0.972. The van der Waals surface area contributed by atoms with Crippen LogP contribution in [-0.4, -0.2) is 4.98 Å². The fourth-order valence-corrected chi connectivity index (χ4v) is 3.54. The Balaban J connectivity index is 1.59. The van der Waals surface area contributed by atoms with Gasteiger partial charge in [0, 0.05) is 11.6 Å². The lowest BCUT2D eigenvalue weighted by Gasteiger charge is -2.15.